The molecule has 0 N–H and O–H groups in total. The Labute approximate surface area is 82.6 Å². The molecule has 0 heterocycles. The third-order valence-electron chi connectivity index (χ3n) is 1.56. The number of carbonyl (C=O) groups is 1. The molecule has 3 heteroatoms. The van der Waals surface area contributed by atoms with E-state index in [4.69, 9.17) is 4.74 Å². The second-order valence-electron chi connectivity index (χ2n) is 2.47. The van der Waals surface area contributed by atoms with Crippen LogP contribution in [0, 0.1) is 11.8 Å². The highest BCUT2D eigenvalue weighted by Gasteiger charge is 1.93. The van der Waals surface area contributed by atoms with Crippen LogP contribution in [0.5, 0.6) is 5.75 Å². The van der Waals surface area contributed by atoms with Gasteiger partial charge in [0.2, 0.25) is 0 Å². The van der Waals surface area contributed by atoms with E-state index in [1.807, 2.05) is 6.07 Å². The summed E-state index contributed by atoms with van der Waals surface area (Å²) < 4.78 is 9.39. The van der Waals surface area contributed by atoms with Crippen molar-refractivity contribution in [2.75, 3.05) is 14.2 Å². The van der Waals surface area contributed by atoms with E-state index in [1.54, 1.807) is 25.3 Å². The Morgan fingerprint density at radius 3 is 2.79 bits per heavy atom. The summed E-state index contributed by atoms with van der Waals surface area (Å²) in [6.45, 7) is 0. The molecular weight excluding hydrogens is 180 g/mol. The highest BCUT2D eigenvalue weighted by molar-refractivity contribution is 5.89. The fraction of sp³-hybridized carbons (Fsp3) is 0.182. The normalized spacial score (nSPS) is 8.43. The molecule has 72 valence electrons. The van der Waals surface area contributed by atoms with Crippen molar-refractivity contribution in [2.45, 2.75) is 0 Å². The van der Waals surface area contributed by atoms with Gasteiger partial charge in [-0.05, 0) is 18.2 Å². The van der Waals surface area contributed by atoms with Crippen molar-refractivity contribution in [3.63, 3.8) is 0 Å². The van der Waals surface area contributed by atoms with Crippen LogP contribution in [0.3, 0.4) is 0 Å². The smallest absolute Gasteiger partial charge is 0.384 e. The highest BCUT2D eigenvalue weighted by atomic mass is 16.5. The Balaban J connectivity index is 2.84. The van der Waals surface area contributed by atoms with E-state index in [0.717, 1.165) is 5.56 Å². The molecule has 0 radical (unpaired) electrons. The monoisotopic (exact) mass is 190 g/mol. The van der Waals surface area contributed by atoms with E-state index in [2.05, 4.69) is 16.6 Å². The molecule has 3 nitrogen and oxygen atoms in total. The molecule has 0 aromatic heterocycles. The van der Waals surface area contributed by atoms with Gasteiger partial charge in [0.25, 0.3) is 0 Å². The number of methoxy groups -OCH3 is 2. The zero-order valence-electron chi connectivity index (χ0n) is 8.03. The molecule has 0 amide bonds. The summed E-state index contributed by atoms with van der Waals surface area (Å²) in [5.74, 6) is 5.16. The minimum absolute atomic E-state index is 0.548. The summed E-state index contributed by atoms with van der Waals surface area (Å²) in [6.07, 6.45) is 0. The molecule has 1 aromatic rings. The summed E-state index contributed by atoms with van der Waals surface area (Å²) in [6, 6.07) is 7.15. The van der Waals surface area contributed by atoms with Crippen LogP contribution in [-0.2, 0) is 9.53 Å². The van der Waals surface area contributed by atoms with Gasteiger partial charge in [-0.3, -0.25) is 0 Å². The lowest BCUT2D eigenvalue weighted by Crippen LogP contribution is -1.94. The highest BCUT2D eigenvalue weighted by Crippen LogP contribution is 2.11. The van der Waals surface area contributed by atoms with Crippen molar-refractivity contribution in [1.29, 1.82) is 0 Å². The maximum Gasteiger partial charge on any atom is 0.384 e. The Morgan fingerprint density at radius 2 is 2.14 bits per heavy atom. The molecule has 0 unspecified atom stereocenters. The van der Waals surface area contributed by atoms with Crippen LogP contribution >= 0.6 is 0 Å². The minimum Gasteiger partial charge on any atom is -0.497 e. The lowest BCUT2D eigenvalue weighted by atomic mass is 10.2. The molecule has 0 spiro atoms. The zero-order chi connectivity index (χ0) is 10.4. The number of hydrogen-bond donors (Lipinski definition) is 0. The molecular formula is C11H10O3. The van der Waals surface area contributed by atoms with Gasteiger partial charge in [0.05, 0.1) is 14.2 Å². The van der Waals surface area contributed by atoms with Crippen molar-refractivity contribution in [3.8, 4) is 17.6 Å². The standard InChI is InChI=1S/C11H10O3/c1-13-10-5-3-4-9(8-10)6-7-11(12)14-2/h3-5,8H,1-2H3. The predicted molar refractivity (Wildman–Crippen MR) is 51.9 cm³/mol. The first kappa shape index (κ1) is 10.1. The molecule has 0 aliphatic carbocycles. The molecule has 1 aromatic carbocycles. The Bertz CT molecular complexity index is 385. The molecule has 0 aliphatic heterocycles. The first-order valence-electron chi connectivity index (χ1n) is 4.00. The van der Waals surface area contributed by atoms with E-state index in [1.165, 1.54) is 7.11 Å². The van der Waals surface area contributed by atoms with Crippen LogP contribution in [-0.4, -0.2) is 20.2 Å². The third-order valence-corrected chi connectivity index (χ3v) is 1.56. The Morgan fingerprint density at radius 1 is 1.36 bits per heavy atom. The number of ether oxygens (including phenoxy) is 2. The summed E-state index contributed by atoms with van der Waals surface area (Å²) in [5, 5.41) is 0. The van der Waals surface area contributed by atoms with Gasteiger partial charge in [0.15, 0.2) is 0 Å². The maximum absolute atomic E-state index is 10.7. The van der Waals surface area contributed by atoms with Crippen molar-refractivity contribution in [1.82, 2.24) is 0 Å². The largest absolute Gasteiger partial charge is 0.497 e. The van der Waals surface area contributed by atoms with Crippen molar-refractivity contribution < 1.29 is 14.3 Å². The molecule has 0 aliphatic rings. The molecule has 0 atom stereocenters. The fourth-order valence-corrected chi connectivity index (χ4v) is 0.875. The molecule has 0 saturated heterocycles. The van der Waals surface area contributed by atoms with Gasteiger partial charge >= 0.3 is 5.97 Å². The van der Waals surface area contributed by atoms with E-state index in [0.29, 0.717) is 5.75 Å². The number of rotatable bonds is 1. The SMILES string of the molecule is COC(=O)C#Cc1cccc(OC)c1. The van der Waals surface area contributed by atoms with E-state index >= 15 is 0 Å². The minimum atomic E-state index is -0.548. The van der Waals surface area contributed by atoms with Crippen LogP contribution in [0.15, 0.2) is 24.3 Å². The molecule has 0 fully saturated rings. The van der Waals surface area contributed by atoms with Gasteiger partial charge < -0.3 is 9.47 Å². The average Bonchev–Trinajstić information content (AvgIpc) is 2.26. The first-order chi connectivity index (χ1) is 6.76. The Hall–Kier alpha value is -1.95. The van der Waals surface area contributed by atoms with Crippen LogP contribution in [0.1, 0.15) is 5.56 Å². The summed E-state index contributed by atoms with van der Waals surface area (Å²) in [7, 11) is 2.87. The summed E-state index contributed by atoms with van der Waals surface area (Å²) in [4.78, 5) is 10.7. The summed E-state index contributed by atoms with van der Waals surface area (Å²) >= 11 is 0. The quantitative estimate of drug-likeness (QED) is 0.493. The van der Waals surface area contributed by atoms with Gasteiger partial charge in [-0.1, -0.05) is 12.0 Å². The van der Waals surface area contributed by atoms with Crippen molar-refractivity contribution in [3.05, 3.63) is 29.8 Å². The lowest BCUT2D eigenvalue weighted by Gasteiger charge is -1.97. The topological polar surface area (TPSA) is 35.5 Å². The van der Waals surface area contributed by atoms with Crippen LogP contribution in [0.25, 0.3) is 0 Å². The fourth-order valence-electron chi connectivity index (χ4n) is 0.875. The van der Waals surface area contributed by atoms with E-state index in [-0.39, 0.29) is 0 Å². The van der Waals surface area contributed by atoms with Gasteiger partial charge in [-0.25, -0.2) is 4.79 Å². The molecule has 1 rings (SSSR count). The van der Waals surface area contributed by atoms with Crippen LogP contribution in [0.2, 0.25) is 0 Å². The van der Waals surface area contributed by atoms with Crippen molar-refractivity contribution >= 4 is 5.97 Å². The number of benzene rings is 1. The average molecular weight is 190 g/mol. The lowest BCUT2D eigenvalue weighted by molar-refractivity contribution is -0.133. The van der Waals surface area contributed by atoms with Crippen LogP contribution in [0.4, 0.5) is 0 Å². The predicted octanol–water partition coefficient (Wildman–Crippen LogP) is 1.22. The number of esters is 1. The maximum atomic E-state index is 10.7. The third kappa shape index (κ3) is 2.83. The molecule has 0 saturated carbocycles. The van der Waals surface area contributed by atoms with Gasteiger partial charge in [-0.2, -0.15) is 0 Å². The summed E-state index contributed by atoms with van der Waals surface area (Å²) in [5.41, 5.74) is 0.717. The number of carbonyl (C=O) groups excluding carboxylic acids is 1. The second kappa shape index (κ2) is 4.93. The van der Waals surface area contributed by atoms with Gasteiger partial charge in [0.1, 0.15) is 5.75 Å². The zero-order valence-corrected chi connectivity index (χ0v) is 8.03. The number of hydrogen-bond acceptors (Lipinski definition) is 3. The van der Waals surface area contributed by atoms with Gasteiger partial charge in [-0.15, -0.1) is 0 Å². The van der Waals surface area contributed by atoms with Crippen molar-refractivity contribution in [2.24, 2.45) is 0 Å². The first-order valence-corrected chi connectivity index (χ1v) is 4.00. The second-order valence-corrected chi connectivity index (χ2v) is 2.47. The Kier molecular flexibility index (Phi) is 3.57. The van der Waals surface area contributed by atoms with Gasteiger partial charge in [0, 0.05) is 11.5 Å². The van der Waals surface area contributed by atoms with Crippen LogP contribution < -0.4 is 4.74 Å². The van der Waals surface area contributed by atoms with E-state index in [9.17, 15) is 4.79 Å². The molecule has 0 bridgehead atoms. The molecule has 14 heavy (non-hydrogen) atoms. The van der Waals surface area contributed by atoms with E-state index < -0.39 is 5.97 Å².